The Labute approximate surface area is 107 Å². The molecule has 17 heavy (non-hydrogen) atoms. The minimum Gasteiger partial charge on any atom is -0.480 e. The fourth-order valence-corrected chi connectivity index (χ4v) is 2.39. The number of halogens is 1. The third kappa shape index (κ3) is 2.31. The molecule has 0 radical (unpaired) electrons. The number of aromatic nitrogens is 1. The predicted molar refractivity (Wildman–Crippen MR) is 63.6 cm³/mol. The van der Waals surface area contributed by atoms with E-state index in [9.17, 15) is 9.59 Å². The lowest BCUT2D eigenvalue weighted by atomic mass is 10.2. The summed E-state index contributed by atoms with van der Waals surface area (Å²) in [5.74, 6) is -1.23. The van der Waals surface area contributed by atoms with Crippen LogP contribution in [0, 0.1) is 0 Å². The van der Waals surface area contributed by atoms with Crippen molar-refractivity contribution < 1.29 is 14.7 Å². The lowest BCUT2D eigenvalue weighted by Gasteiger charge is -2.21. The maximum absolute atomic E-state index is 12.2. The van der Waals surface area contributed by atoms with Gasteiger partial charge in [-0.05, 0) is 40.9 Å². The van der Waals surface area contributed by atoms with Crippen molar-refractivity contribution in [3.63, 3.8) is 0 Å². The van der Waals surface area contributed by atoms with E-state index in [2.05, 4.69) is 20.9 Å². The highest BCUT2D eigenvalue weighted by molar-refractivity contribution is 9.10. The molecule has 0 saturated carbocycles. The van der Waals surface area contributed by atoms with Gasteiger partial charge in [0, 0.05) is 12.7 Å². The zero-order chi connectivity index (χ0) is 12.4. The van der Waals surface area contributed by atoms with Crippen molar-refractivity contribution in [2.75, 3.05) is 6.54 Å². The average molecular weight is 299 g/mol. The van der Waals surface area contributed by atoms with E-state index in [0.717, 1.165) is 6.42 Å². The number of pyridine rings is 1. The number of carbonyl (C=O) groups excluding carboxylic acids is 1. The molecular formula is C11H11BrN2O3. The first-order chi connectivity index (χ1) is 8.11. The van der Waals surface area contributed by atoms with Crippen molar-refractivity contribution >= 4 is 27.8 Å². The molecule has 1 N–H and O–H groups in total. The normalized spacial score (nSPS) is 19.4. The second-order valence-electron chi connectivity index (χ2n) is 3.84. The third-order valence-corrected chi connectivity index (χ3v) is 3.42. The van der Waals surface area contributed by atoms with Crippen LogP contribution in [0.3, 0.4) is 0 Å². The van der Waals surface area contributed by atoms with Crippen molar-refractivity contribution in [2.24, 2.45) is 0 Å². The summed E-state index contributed by atoms with van der Waals surface area (Å²) < 4.78 is 0.445. The SMILES string of the molecule is O=C(O)C1CCCN1C(=O)c1cccnc1Br. The van der Waals surface area contributed by atoms with Crippen LogP contribution in [0.5, 0.6) is 0 Å². The number of carboxylic acid groups (broad SMARTS) is 1. The Kier molecular flexibility index (Phi) is 3.42. The second-order valence-corrected chi connectivity index (χ2v) is 4.59. The van der Waals surface area contributed by atoms with Crippen molar-refractivity contribution in [1.29, 1.82) is 0 Å². The van der Waals surface area contributed by atoms with Crippen LogP contribution in [0.15, 0.2) is 22.9 Å². The van der Waals surface area contributed by atoms with E-state index in [-0.39, 0.29) is 5.91 Å². The van der Waals surface area contributed by atoms with Gasteiger partial charge in [0.15, 0.2) is 0 Å². The van der Waals surface area contributed by atoms with Crippen molar-refractivity contribution in [2.45, 2.75) is 18.9 Å². The van der Waals surface area contributed by atoms with Gasteiger partial charge in [-0.1, -0.05) is 0 Å². The lowest BCUT2D eigenvalue weighted by molar-refractivity contribution is -0.141. The molecular weight excluding hydrogens is 288 g/mol. The summed E-state index contributed by atoms with van der Waals surface area (Å²) in [5.41, 5.74) is 0.403. The molecule has 1 aromatic rings. The van der Waals surface area contributed by atoms with Gasteiger partial charge in [-0.2, -0.15) is 0 Å². The Morgan fingerprint density at radius 2 is 2.29 bits per heavy atom. The molecule has 1 fully saturated rings. The highest BCUT2D eigenvalue weighted by Gasteiger charge is 2.35. The highest BCUT2D eigenvalue weighted by Crippen LogP contribution is 2.22. The summed E-state index contributed by atoms with van der Waals surface area (Å²) in [6, 6.07) is 2.58. The molecule has 1 amide bonds. The summed E-state index contributed by atoms with van der Waals surface area (Å²) in [6.07, 6.45) is 2.80. The van der Waals surface area contributed by atoms with Crippen molar-refractivity contribution in [3.05, 3.63) is 28.5 Å². The topological polar surface area (TPSA) is 70.5 Å². The number of hydrogen-bond acceptors (Lipinski definition) is 3. The van der Waals surface area contributed by atoms with E-state index in [0.29, 0.717) is 23.1 Å². The number of aliphatic carboxylic acids is 1. The zero-order valence-corrected chi connectivity index (χ0v) is 10.6. The Balaban J connectivity index is 2.26. The first kappa shape index (κ1) is 12.0. The van der Waals surface area contributed by atoms with Gasteiger partial charge in [0.1, 0.15) is 10.6 Å². The zero-order valence-electron chi connectivity index (χ0n) is 8.97. The quantitative estimate of drug-likeness (QED) is 0.841. The van der Waals surface area contributed by atoms with Crippen molar-refractivity contribution in [1.82, 2.24) is 9.88 Å². The first-order valence-electron chi connectivity index (χ1n) is 5.25. The fourth-order valence-electron chi connectivity index (χ4n) is 1.97. The van der Waals surface area contributed by atoms with Gasteiger partial charge in [-0.3, -0.25) is 4.79 Å². The second kappa shape index (κ2) is 4.83. The molecule has 0 aliphatic carbocycles. The van der Waals surface area contributed by atoms with Gasteiger partial charge in [-0.15, -0.1) is 0 Å². The number of hydrogen-bond donors (Lipinski definition) is 1. The molecule has 1 aromatic heterocycles. The van der Waals surface area contributed by atoms with Crippen LogP contribution in [0.1, 0.15) is 23.2 Å². The minimum atomic E-state index is -0.948. The number of rotatable bonds is 2. The van der Waals surface area contributed by atoms with E-state index in [1.807, 2.05) is 0 Å². The van der Waals surface area contributed by atoms with Gasteiger partial charge >= 0.3 is 5.97 Å². The minimum absolute atomic E-state index is 0.283. The maximum atomic E-state index is 12.2. The maximum Gasteiger partial charge on any atom is 0.326 e. The van der Waals surface area contributed by atoms with E-state index < -0.39 is 12.0 Å². The molecule has 2 rings (SSSR count). The summed E-state index contributed by atoms with van der Waals surface area (Å²) >= 11 is 3.19. The molecule has 1 saturated heterocycles. The number of amides is 1. The van der Waals surface area contributed by atoms with Crippen molar-refractivity contribution in [3.8, 4) is 0 Å². The Morgan fingerprint density at radius 3 is 2.94 bits per heavy atom. The summed E-state index contributed by atoms with van der Waals surface area (Å²) in [4.78, 5) is 28.5. The number of carbonyl (C=O) groups is 2. The first-order valence-corrected chi connectivity index (χ1v) is 6.05. The number of likely N-dealkylation sites (tertiary alicyclic amines) is 1. The number of carboxylic acids is 1. The average Bonchev–Trinajstić information content (AvgIpc) is 2.77. The van der Waals surface area contributed by atoms with Crippen LogP contribution >= 0.6 is 15.9 Å². The van der Waals surface area contributed by atoms with Gasteiger partial charge < -0.3 is 10.0 Å². The van der Waals surface area contributed by atoms with Crippen LogP contribution in [0.4, 0.5) is 0 Å². The number of nitrogens with zero attached hydrogens (tertiary/aromatic N) is 2. The lowest BCUT2D eigenvalue weighted by Crippen LogP contribution is -2.40. The highest BCUT2D eigenvalue weighted by atomic mass is 79.9. The molecule has 1 atom stereocenters. The van der Waals surface area contributed by atoms with Crippen LogP contribution < -0.4 is 0 Å². The van der Waals surface area contributed by atoms with Gasteiger partial charge in [-0.25, -0.2) is 9.78 Å². The van der Waals surface area contributed by atoms with Gasteiger partial charge in [0.25, 0.3) is 5.91 Å². The van der Waals surface area contributed by atoms with E-state index in [4.69, 9.17) is 5.11 Å². The van der Waals surface area contributed by atoms with E-state index in [1.54, 1.807) is 18.3 Å². The molecule has 0 spiro atoms. The van der Waals surface area contributed by atoms with Gasteiger partial charge in [0.2, 0.25) is 0 Å². The fraction of sp³-hybridized carbons (Fsp3) is 0.364. The molecule has 0 bridgehead atoms. The molecule has 1 aliphatic rings. The molecule has 5 nitrogen and oxygen atoms in total. The van der Waals surface area contributed by atoms with Crippen LogP contribution in [0.25, 0.3) is 0 Å². The summed E-state index contributed by atoms with van der Waals surface area (Å²) in [6.45, 7) is 0.483. The molecule has 0 aromatic carbocycles. The smallest absolute Gasteiger partial charge is 0.326 e. The monoisotopic (exact) mass is 298 g/mol. The predicted octanol–water partition coefficient (Wildman–Crippen LogP) is 1.53. The molecule has 1 unspecified atom stereocenters. The van der Waals surface area contributed by atoms with E-state index >= 15 is 0 Å². The Morgan fingerprint density at radius 1 is 1.53 bits per heavy atom. The molecule has 6 heteroatoms. The molecule has 2 heterocycles. The summed E-state index contributed by atoms with van der Waals surface area (Å²) in [7, 11) is 0. The Hall–Kier alpha value is -1.43. The van der Waals surface area contributed by atoms with Crippen LogP contribution in [-0.4, -0.2) is 39.5 Å². The standard InChI is InChI=1S/C11H11BrN2O3/c12-9-7(3-1-5-13-9)10(15)14-6-2-4-8(14)11(16)17/h1,3,5,8H,2,4,6H2,(H,16,17). The van der Waals surface area contributed by atoms with Crippen LogP contribution in [-0.2, 0) is 4.79 Å². The largest absolute Gasteiger partial charge is 0.480 e. The van der Waals surface area contributed by atoms with Crippen LogP contribution in [0.2, 0.25) is 0 Å². The third-order valence-electron chi connectivity index (χ3n) is 2.79. The summed E-state index contributed by atoms with van der Waals surface area (Å²) in [5, 5.41) is 9.03. The molecule has 90 valence electrons. The van der Waals surface area contributed by atoms with Gasteiger partial charge in [0.05, 0.1) is 5.56 Å². The van der Waals surface area contributed by atoms with E-state index in [1.165, 1.54) is 4.90 Å². The molecule has 1 aliphatic heterocycles. The Bertz CT molecular complexity index is 464.